The quantitative estimate of drug-likeness (QED) is 0.699. The Balaban J connectivity index is 1.66. The molecule has 2 aromatic heterocycles. The lowest BCUT2D eigenvalue weighted by molar-refractivity contribution is 0.181. The summed E-state index contributed by atoms with van der Waals surface area (Å²) in [6.45, 7) is 1.29. The van der Waals surface area contributed by atoms with Crippen molar-refractivity contribution in [1.82, 2.24) is 14.5 Å². The molecular formula is C22H24N4O4. The number of rotatable bonds is 5. The summed E-state index contributed by atoms with van der Waals surface area (Å²) in [4.78, 5) is 19.4. The first-order valence-electron chi connectivity index (χ1n) is 9.59. The van der Waals surface area contributed by atoms with Gasteiger partial charge in [0.15, 0.2) is 11.5 Å². The van der Waals surface area contributed by atoms with Gasteiger partial charge in [-0.15, -0.1) is 0 Å². The third kappa shape index (κ3) is 3.52. The number of pyridine rings is 1. The number of aromatic nitrogens is 2. The van der Waals surface area contributed by atoms with Crippen LogP contribution < -0.4 is 19.5 Å². The summed E-state index contributed by atoms with van der Waals surface area (Å²) in [6.07, 6.45) is 5.56. The number of fused-ring (bicyclic) bond motifs is 1. The van der Waals surface area contributed by atoms with Crippen molar-refractivity contribution in [1.29, 1.82) is 0 Å². The Hall–Kier alpha value is -3.68. The van der Waals surface area contributed by atoms with Gasteiger partial charge in [0.05, 0.1) is 27.0 Å². The molecule has 3 aromatic rings. The lowest BCUT2D eigenvalue weighted by Gasteiger charge is -2.37. The Morgan fingerprint density at radius 2 is 1.83 bits per heavy atom. The van der Waals surface area contributed by atoms with Gasteiger partial charge in [0, 0.05) is 49.5 Å². The number of nitrogens with zero attached hydrogens (tertiary/aromatic N) is 3. The highest BCUT2D eigenvalue weighted by atomic mass is 16.5. The van der Waals surface area contributed by atoms with Crippen LogP contribution in [0.5, 0.6) is 17.2 Å². The molecule has 1 aliphatic heterocycles. The van der Waals surface area contributed by atoms with Gasteiger partial charge in [-0.2, -0.15) is 0 Å². The van der Waals surface area contributed by atoms with Gasteiger partial charge in [-0.3, -0.25) is 4.98 Å². The van der Waals surface area contributed by atoms with E-state index in [1.54, 1.807) is 45.9 Å². The molecule has 8 nitrogen and oxygen atoms in total. The summed E-state index contributed by atoms with van der Waals surface area (Å²) in [5, 5.41) is 2.98. The highest BCUT2D eigenvalue weighted by molar-refractivity contribution is 5.91. The number of nitrogens with one attached hydrogen (secondary N) is 1. The lowest BCUT2D eigenvalue weighted by atomic mass is 10.0. The number of benzene rings is 1. The van der Waals surface area contributed by atoms with E-state index in [0.29, 0.717) is 29.5 Å². The van der Waals surface area contributed by atoms with Crippen LogP contribution in [-0.2, 0) is 6.54 Å². The summed E-state index contributed by atoms with van der Waals surface area (Å²) >= 11 is 0. The zero-order chi connectivity index (χ0) is 21.1. The summed E-state index contributed by atoms with van der Waals surface area (Å²) in [5.41, 5.74) is 2.56. The fourth-order valence-electron chi connectivity index (χ4n) is 3.84. The minimum Gasteiger partial charge on any atom is -0.493 e. The van der Waals surface area contributed by atoms with E-state index in [4.69, 9.17) is 14.2 Å². The van der Waals surface area contributed by atoms with Crippen molar-refractivity contribution in [3.8, 4) is 17.2 Å². The SMILES string of the molecule is COc1cc(NC(=O)N2CCn3cccc3[C@@H]2c2cccnc2)cc(OC)c1OC. The van der Waals surface area contributed by atoms with E-state index in [0.717, 1.165) is 17.8 Å². The molecule has 0 saturated heterocycles. The predicted molar refractivity (Wildman–Crippen MR) is 112 cm³/mol. The number of hydrogen-bond acceptors (Lipinski definition) is 5. The van der Waals surface area contributed by atoms with Crippen molar-refractivity contribution in [3.05, 3.63) is 66.2 Å². The topological polar surface area (TPSA) is 77.9 Å². The normalized spacial score (nSPS) is 15.3. The molecule has 1 aliphatic rings. The largest absolute Gasteiger partial charge is 0.493 e. The fourth-order valence-corrected chi connectivity index (χ4v) is 3.84. The molecule has 1 aromatic carbocycles. The molecule has 30 heavy (non-hydrogen) atoms. The molecule has 4 rings (SSSR count). The average molecular weight is 408 g/mol. The second kappa shape index (κ2) is 8.36. The minimum atomic E-state index is -0.232. The molecule has 0 aliphatic carbocycles. The Morgan fingerprint density at radius 1 is 1.07 bits per heavy atom. The predicted octanol–water partition coefficient (Wildman–Crippen LogP) is 3.55. The monoisotopic (exact) mass is 408 g/mol. The van der Waals surface area contributed by atoms with E-state index in [2.05, 4.69) is 14.9 Å². The Morgan fingerprint density at radius 3 is 2.47 bits per heavy atom. The zero-order valence-electron chi connectivity index (χ0n) is 17.2. The molecule has 0 saturated carbocycles. The van der Waals surface area contributed by atoms with E-state index in [1.807, 2.05) is 35.4 Å². The van der Waals surface area contributed by atoms with E-state index in [-0.39, 0.29) is 12.1 Å². The highest BCUT2D eigenvalue weighted by Crippen LogP contribution is 2.40. The minimum absolute atomic E-state index is 0.217. The number of methoxy groups -OCH3 is 3. The van der Waals surface area contributed by atoms with Gasteiger partial charge in [0.2, 0.25) is 5.75 Å². The summed E-state index contributed by atoms with van der Waals surface area (Å²) < 4.78 is 18.3. The highest BCUT2D eigenvalue weighted by Gasteiger charge is 2.32. The first kappa shape index (κ1) is 19.6. The summed E-state index contributed by atoms with van der Waals surface area (Å²) in [5.74, 6) is 1.42. The van der Waals surface area contributed by atoms with Crippen molar-refractivity contribution in [2.75, 3.05) is 33.2 Å². The first-order valence-corrected chi connectivity index (χ1v) is 9.59. The molecule has 0 radical (unpaired) electrons. The van der Waals surface area contributed by atoms with Gasteiger partial charge in [0.1, 0.15) is 6.04 Å². The smallest absolute Gasteiger partial charge is 0.322 e. The first-order chi connectivity index (χ1) is 14.7. The molecule has 8 heteroatoms. The van der Waals surface area contributed by atoms with Crippen molar-refractivity contribution >= 4 is 11.7 Å². The van der Waals surface area contributed by atoms with Crippen LogP contribution in [0.3, 0.4) is 0 Å². The molecule has 0 spiro atoms. The zero-order valence-corrected chi connectivity index (χ0v) is 17.2. The second-order valence-electron chi connectivity index (χ2n) is 6.85. The van der Waals surface area contributed by atoms with E-state index in [9.17, 15) is 4.79 Å². The maximum atomic E-state index is 13.3. The van der Waals surface area contributed by atoms with Crippen LogP contribution in [0.4, 0.5) is 10.5 Å². The van der Waals surface area contributed by atoms with Crippen molar-refractivity contribution < 1.29 is 19.0 Å². The summed E-state index contributed by atoms with van der Waals surface area (Å²) in [6, 6.07) is 10.9. The van der Waals surface area contributed by atoms with Crippen LogP contribution >= 0.6 is 0 Å². The van der Waals surface area contributed by atoms with Crippen LogP contribution in [0, 0.1) is 0 Å². The second-order valence-corrected chi connectivity index (χ2v) is 6.85. The number of carbonyl (C=O) groups is 1. The molecule has 1 N–H and O–H groups in total. The lowest BCUT2D eigenvalue weighted by Crippen LogP contribution is -2.44. The molecule has 0 bridgehead atoms. The fraction of sp³-hybridized carbons (Fsp3) is 0.273. The van der Waals surface area contributed by atoms with Crippen LogP contribution in [-0.4, -0.2) is 48.4 Å². The van der Waals surface area contributed by atoms with Crippen molar-refractivity contribution in [3.63, 3.8) is 0 Å². The molecule has 2 amide bonds. The molecule has 0 fully saturated rings. The van der Waals surface area contributed by atoms with Gasteiger partial charge >= 0.3 is 6.03 Å². The number of ether oxygens (including phenoxy) is 3. The molecule has 0 unspecified atom stereocenters. The maximum Gasteiger partial charge on any atom is 0.322 e. The standard InChI is InChI=1S/C22H24N4O4/c1-28-18-12-16(13-19(29-2)21(18)30-3)24-22(27)26-11-10-25-9-5-7-17(25)20(26)15-6-4-8-23-14-15/h4-9,12-14,20H,10-11H2,1-3H3,(H,24,27)/t20-/m0/s1. The van der Waals surface area contributed by atoms with Crippen LogP contribution in [0.2, 0.25) is 0 Å². The summed E-state index contributed by atoms with van der Waals surface area (Å²) in [7, 11) is 4.63. The average Bonchev–Trinajstić information content (AvgIpc) is 3.27. The number of hydrogen-bond donors (Lipinski definition) is 1. The van der Waals surface area contributed by atoms with Crippen LogP contribution in [0.15, 0.2) is 55.0 Å². The van der Waals surface area contributed by atoms with Gasteiger partial charge in [-0.1, -0.05) is 6.07 Å². The van der Waals surface area contributed by atoms with Gasteiger partial charge in [-0.25, -0.2) is 4.79 Å². The van der Waals surface area contributed by atoms with E-state index in [1.165, 1.54) is 0 Å². The third-order valence-electron chi connectivity index (χ3n) is 5.22. The van der Waals surface area contributed by atoms with Crippen LogP contribution in [0.25, 0.3) is 0 Å². The number of anilines is 1. The Bertz CT molecular complexity index is 1010. The Labute approximate surface area is 175 Å². The molecule has 3 heterocycles. The number of urea groups is 1. The Kier molecular flexibility index (Phi) is 5.47. The molecule has 156 valence electrons. The maximum absolute atomic E-state index is 13.3. The van der Waals surface area contributed by atoms with Crippen molar-refractivity contribution in [2.24, 2.45) is 0 Å². The third-order valence-corrected chi connectivity index (χ3v) is 5.22. The van der Waals surface area contributed by atoms with Crippen LogP contribution in [0.1, 0.15) is 17.3 Å². The molecular weight excluding hydrogens is 384 g/mol. The van der Waals surface area contributed by atoms with Gasteiger partial charge in [0.25, 0.3) is 0 Å². The number of carbonyl (C=O) groups excluding carboxylic acids is 1. The van der Waals surface area contributed by atoms with Gasteiger partial charge in [-0.05, 0) is 23.8 Å². The van der Waals surface area contributed by atoms with Gasteiger partial charge < -0.3 is 29.0 Å². The van der Waals surface area contributed by atoms with E-state index < -0.39 is 0 Å². The molecule has 1 atom stereocenters. The van der Waals surface area contributed by atoms with Crippen molar-refractivity contribution in [2.45, 2.75) is 12.6 Å². The number of amides is 2. The van der Waals surface area contributed by atoms with E-state index >= 15 is 0 Å².